The molecule has 0 fully saturated rings. The van der Waals surface area contributed by atoms with Gasteiger partial charge in [0.15, 0.2) is 5.58 Å². The molecule has 0 atom stereocenters. The summed E-state index contributed by atoms with van der Waals surface area (Å²) in [5, 5.41) is 8.54. The minimum absolute atomic E-state index is 0.115. The first-order valence-corrected chi connectivity index (χ1v) is 5.59. The van der Waals surface area contributed by atoms with E-state index in [0.717, 1.165) is 6.08 Å². The topological polar surface area (TPSA) is 89.6 Å². The lowest BCUT2D eigenvalue weighted by molar-refractivity contribution is -0.131. The van der Waals surface area contributed by atoms with Crippen molar-refractivity contribution >= 4 is 29.1 Å². The molecule has 0 spiro atoms. The molecule has 0 aliphatic carbocycles. The summed E-state index contributed by atoms with van der Waals surface area (Å²) in [5.41, 5.74) is 1.56. The fourth-order valence-corrected chi connectivity index (χ4v) is 1.50. The fourth-order valence-electron chi connectivity index (χ4n) is 1.50. The Balaban J connectivity index is 2.33. The molecule has 1 aromatic heterocycles. The summed E-state index contributed by atoms with van der Waals surface area (Å²) in [6.45, 7) is 1.93. The number of hydrogen-bond donors (Lipinski definition) is 1. The average Bonchev–Trinajstić information content (AvgIpc) is 2.79. The molecular formula is C13H11NO5. The molecule has 2 aromatic rings. The van der Waals surface area contributed by atoms with E-state index < -0.39 is 11.9 Å². The van der Waals surface area contributed by atoms with Crippen LogP contribution in [0.2, 0.25) is 0 Å². The van der Waals surface area contributed by atoms with Crippen LogP contribution < -0.4 is 0 Å². The number of benzene rings is 1. The summed E-state index contributed by atoms with van der Waals surface area (Å²) < 4.78 is 10.0. The van der Waals surface area contributed by atoms with Gasteiger partial charge < -0.3 is 14.3 Å². The number of aliphatic carboxylic acids is 1. The minimum atomic E-state index is -1.03. The van der Waals surface area contributed by atoms with Crippen molar-refractivity contribution < 1.29 is 23.8 Å². The predicted octanol–water partition coefficient (Wildman–Crippen LogP) is 2.10. The van der Waals surface area contributed by atoms with E-state index in [2.05, 4.69) is 4.98 Å². The highest BCUT2D eigenvalue weighted by Crippen LogP contribution is 2.18. The van der Waals surface area contributed by atoms with E-state index in [4.69, 9.17) is 14.3 Å². The standard InChI is InChI=1S/C13H11NO5/c1-2-18-13(17)12-14-9-7-8(4-6-11(15)16)3-5-10(9)19-12/h3-7H,2H2,1H3,(H,15,16)/b6-4+. The van der Waals surface area contributed by atoms with Gasteiger partial charge in [0.25, 0.3) is 0 Å². The zero-order valence-electron chi connectivity index (χ0n) is 10.1. The average molecular weight is 261 g/mol. The van der Waals surface area contributed by atoms with Crippen LogP contribution in [0.15, 0.2) is 28.7 Å². The lowest BCUT2D eigenvalue weighted by Gasteiger charge is -1.94. The van der Waals surface area contributed by atoms with E-state index in [1.54, 1.807) is 25.1 Å². The second-order valence-electron chi connectivity index (χ2n) is 3.64. The van der Waals surface area contributed by atoms with Crippen LogP contribution >= 0.6 is 0 Å². The van der Waals surface area contributed by atoms with Crippen molar-refractivity contribution in [2.45, 2.75) is 6.92 Å². The predicted molar refractivity (Wildman–Crippen MR) is 66.6 cm³/mol. The third-order valence-electron chi connectivity index (χ3n) is 2.28. The molecule has 0 bridgehead atoms. The molecule has 0 saturated carbocycles. The monoisotopic (exact) mass is 261 g/mol. The maximum atomic E-state index is 11.4. The van der Waals surface area contributed by atoms with E-state index in [-0.39, 0.29) is 12.5 Å². The van der Waals surface area contributed by atoms with Gasteiger partial charge in [0, 0.05) is 6.08 Å². The number of hydrogen-bond acceptors (Lipinski definition) is 5. The first-order chi connectivity index (χ1) is 9.10. The summed E-state index contributed by atoms with van der Waals surface area (Å²) in [7, 11) is 0. The molecule has 0 aliphatic heterocycles. The Hall–Kier alpha value is -2.63. The summed E-state index contributed by atoms with van der Waals surface area (Å²) in [6, 6.07) is 4.91. The molecule has 0 radical (unpaired) electrons. The first kappa shape index (κ1) is 12.8. The number of carboxylic acids is 1. The Kier molecular flexibility index (Phi) is 3.61. The van der Waals surface area contributed by atoms with Crippen molar-refractivity contribution in [1.29, 1.82) is 0 Å². The number of fused-ring (bicyclic) bond motifs is 1. The van der Waals surface area contributed by atoms with E-state index in [1.807, 2.05) is 0 Å². The fraction of sp³-hybridized carbons (Fsp3) is 0.154. The number of carboxylic acid groups (broad SMARTS) is 1. The van der Waals surface area contributed by atoms with Crippen LogP contribution in [0.25, 0.3) is 17.2 Å². The lowest BCUT2D eigenvalue weighted by atomic mass is 10.2. The molecule has 1 heterocycles. The van der Waals surface area contributed by atoms with Crippen molar-refractivity contribution in [1.82, 2.24) is 4.98 Å². The Morgan fingerprint density at radius 1 is 1.47 bits per heavy atom. The van der Waals surface area contributed by atoms with Crippen LogP contribution in [0.5, 0.6) is 0 Å². The summed E-state index contributed by atoms with van der Waals surface area (Å²) in [5.74, 6) is -1.77. The number of oxazole rings is 1. The normalized spacial score (nSPS) is 11.0. The maximum absolute atomic E-state index is 11.4. The molecular weight excluding hydrogens is 250 g/mol. The quantitative estimate of drug-likeness (QED) is 0.669. The Morgan fingerprint density at radius 3 is 2.95 bits per heavy atom. The highest BCUT2D eigenvalue weighted by atomic mass is 16.5. The van der Waals surface area contributed by atoms with Gasteiger partial charge in [0.1, 0.15) is 5.52 Å². The summed E-state index contributed by atoms with van der Waals surface area (Å²) in [4.78, 5) is 25.9. The van der Waals surface area contributed by atoms with Gasteiger partial charge in [-0.05, 0) is 30.7 Å². The smallest absolute Gasteiger partial charge is 0.394 e. The zero-order valence-corrected chi connectivity index (χ0v) is 10.1. The van der Waals surface area contributed by atoms with Crippen LogP contribution in [0.1, 0.15) is 23.2 Å². The number of esters is 1. The summed E-state index contributed by atoms with van der Waals surface area (Å²) >= 11 is 0. The molecule has 6 heteroatoms. The number of nitrogens with zero attached hydrogens (tertiary/aromatic N) is 1. The van der Waals surface area contributed by atoms with Crippen molar-refractivity contribution in [3.63, 3.8) is 0 Å². The van der Waals surface area contributed by atoms with Crippen molar-refractivity contribution in [3.8, 4) is 0 Å². The number of ether oxygens (including phenoxy) is 1. The van der Waals surface area contributed by atoms with Crippen molar-refractivity contribution in [3.05, 3.63) is 35.7 Å². The van der Waals surface area contributed by atoms with Crippen LogP contribution in [0.3, 0.4) is 0 Å². The van der Waals surface area contributed by atoms with Gasteiger partial charge in [-0.1, -0.05) is 6.07 Å². The SMILES string of the molecule is CCOC(=O)c1nc2cc(/C=C/C(=O)O)ccc2o1. The van der Waals surface area contributed by atoms with Crippen molar-refractivity contribution in [2.24, 2.45) is 0 Å². The van der Waals surface area contributed by atoms with Crippen LogP contribution in [0, 0.1) is 0 Å². The second-order valence-corrected chi connectivity index (χ2v) is 3.64. The lowest BCUT2D eigenvalue weighted by Crippen LogP contribution is -2.04. The van der Waals surface area contributed by atoms with Gasteiger partial charge in [-0.2, -0.15) is 0 Å². The van der Waals surface area contributed by atoms with E-state index in [1.165, 1.54) is 6.08 Å². The van der Waals surface area contributed by atoms with E-state index in [0.29, 0.717) is 16.7 Å². The van der Waals surface area contributed by atoms with Gasteiger partial charge in [0.2, 0.25) is 0 Å². The van der Waals surface area contributed by atoms with Gasteiger partial charge in [-0.3, -0.25) is 0 Å². The van der Waals surface area contributed by atoms with Gasteiger partial charge in [0.05, 0.1) is 6.61 Å². The number of carbonyl (C=O) groups is 2. The molecule has 2 rings (SSSR count). The molecule has 0 aliphatic rings. The maximum Gasteiger partial charge on any atom is 0.394 e. The highest BCUT2D eigenvalue weighted by molar-refractivity contribution is 5.89. The molecule has 1 aromatic carbocycles. The third-order valence-corrected chi connectivity index (χ3v) is 2.28. The number of rotatable bonds is 4. The molecule has 19 heavy (non-hydrogen) atoms. The van der Waals surface area contributed by atoms with Crippen LogP contribution in [-0.2, 0) is 9.53 Å². The minimum Gasteiger partial charge on any atom is -0.478 e. The van der Waals surface area contributed by atoms with Gasteiger partial charge >= 0.3 is 17.8 Å². The van der Waals surface area contributed by atoms with E-state index in [9.17, 15) is 9.59 Å². The molecule has 0 unspecified atom stereocenters. The Bertz CT molecular complexity index is 656. The largest absolute Gasteiger partial charge is 0.478 e. The molecule has 0 amide bonds. The number of aromatic nitrogens is 1. The summed E-state index contributed by atoms with van der Waals surface area (Å²) in [6.07, 6.45) is 2.45. The van der Waals surface area contributed by atoms with Crippen molar-refractivity contribution in [2.75, 3.05) is 6.61 Å². The van der Waals surface area contributed by atoms with Crippen LogP contribution in [-0.4, -0.2) is 28.6 Å². The van der Waals surface area contributed by atoms with Gasteiger partial charge in [-0.25, -0.2) is 14.6 Å². The molecule has 98 valence electrons. The molecule has 0 saturated heterocycles. The number of carbonyl (C=O) groups excluding carboxylic acids is 1. The Labute approximate surface area is 108 Å². The zero-order chi connectivity index (χ0) is 13.8. The highest BCUT2D eigenvalue weighted by Gasteiger charge is 2.15. The van der Waals surface area contributed by atoms with Crippen LogP contribution in [0.4, 0.5) is 0 Å². The first-order valence-electron chi connectivity index (χ1n) is 5.59. The van der Waals surface area contributed by atoms with E-state index >= 15 is 0 Å². The molecule has 1 N–H and O–H groups in total. The second kappa shape index (κ2) is 5.34. The molecule has 6 nitrogen and oxygen atoms in total. The van der Waals surface area contributed by atoms with Gasteiger partial charge in [-0.15, -0.1) is 0 Å². The third kappa shape index (κ3) is 2.98. The Morgan fingerprint density at radius 2 is 2.26 bits per heavy atom.